The van der Waals surface area contributed by atoms with Gasteiger partial charge in [-0.2, -0.15) is 0 Å². The summed E-state index contributed by atoms with van der Waals surface area (Å²) >= 11 is 0. The molecule has 2 aromatic carbocycles. The lowest BCUT2D eigenvalue weighted by Crippen LogP contribution is -2.07. The highest BCUT2D eigenvalue weighted by molar-refractivity contribution is 5.69. The van der Waals surface area contributed by atoms with E-state index in [0.717, 1.165) is 16.9 Å². The lowest BCUT2D eigenvalue weighted by molar-refractivity contribution is -0.137. The van der Waals surface area contributed by atoms with E-state index in [1.807, 2.05) is 67.6 Å². The number of aliphatic carboxylic acids is 1. The van der Waals surface area contributed by atoms with Gasteiger partial charge in [0.2, 0.25) is 0 Å². The van der Waals surface area contributed by atoms with Gasteiger partial charge in [0.1, 0.15) is 5.75 Å². The summed E-state index contributed by atoms with van der Waals surface area (Å²) in [5.41, 5.74) is 1.97. The Labute approximate surface area is 124 Å². The first-order valence-electron chi connectivity index (χ1n) is 6.85. The maximum atomic E-state index is 11.1. The molecule has 108 valence electrons. The second-order valence-corrected chi connectivity index (χ2v) is 4.72. The molecule has 1 N–H and O–H groups in total. The predicted molar refractivity (Wildman–Crippen MR) is 82.4 cm³/mol. The Morgan fingerprint density at radius 1 is 1.10 bits per heavy atom. The van der Waals surface area contributed by atoms with Crippen LogP contribution >= 0.6 is 0 Å². The highest BCUT2D eigenvalue weighted by atomic mass is 16.5. The molecule has 0 bridgehead atoms. The molecule has 0 radical (unpaired) electrons. The van der Waals surface area contributed by atoms with E-state index in [1.54, 1.807) is 6.26 Å². The number of hydrogen-bond donors (Lipinski definition) is 1. The standard InChI is InChI=1S/C18H18O3/c1-2-12-21-16-10-8-15(9-11-16)17(13-18(19)20)14-6-4-3-5-7-14/h2-12,17H,13H2,1H3,(H,19,20). The van der Waals surface area contributed by atoms with E-state index in [2.05, 4.69) is 0 Å². The molecule has 0 aliphatic heterocycles. The second kappa shape index (κ2) is 7.29. The maximum absolute atomic E-state index is 11.1. The zero-order chi connectivity index (χ0) is 15.1. The van der Waals surface area contributed by atoms with Crippen molar-refractivity contribution in [2.75, 3.05) is 0 Å². The van der Waals surface area contributed by atoms with Crippen LogP contribution in [0.1, 0.15) is 30.4 Å². The Morgan fingerprint density at radius 2 is 1.71 bits per heavy atom. The molecule has 0 aromatic heterocycles. The van der Waals surface area contributed by atoms with Crippen molar-refractivity contribution in [3.8, 4) is 5.75 Å². The molecule has 3 heteroatoms. The fraction of sp³-hybridized carbons (Fsp3) is 0.167. The summed E-state index contributed by atoms with van der Waals surface area (Å²) < 4.78 is 5.38. The number of allylic oxidation sites excluding steroid dienone is 1. The van der Waals surface area contributed by atoms with Gasteiger partial charge in [0, 0.05) is 5.92 Å². The van der Waals surface area contributed by atoms with Crippen molar-refractivity contribution in [3.05, 3.63) is 78.1 Å². The maximum Gasteiger partial charge on any atom is 0.304 e. The highest BCUT2D eigenvalue weighted by Gasteiger charge is 2.17. The van der Waals surface area contributed by atoms with Crippen LogP contribution < -0.4 is 4.74 Å². The smallest absolute Gasteiger partial charge is 0.304 e. The molecule has 0 heterocycles. The van der Waals surface area contributed by atoms with Crippen LogP contribution in [-0.2, 0) is 4.79 Å². The number of carbonyl (C=O) groups is 1. The fourth-order valence-corrected chi connectivity index (χ4v) is 2.21. The van der Waals surface area contributed by atoms with Crippen LogP contribution in [0, 0.1) is 0 Å². The lowest BCUT2D eigenvalue weighted by Gasteiger charge is -2.16. The number of carboxylic acid groups (broad SMARTS) is 1. The topological polar surface area (TPSA) is 46.5 Å². The summed E-state index contributed by atoms with van der Waals surface area (Å²) in [5, 5.41) is 9.14. The largest absolute Gasteiger partial charge is 0.481 e. The van der Waals surface area contributed by atoms with Crippen molar-refractivity contribution < 1.29 is 14.6 Å². The van der Waals surface area contributed by atoms with Crippen LogP contribution in [-0.4, -0.2) is 11.1 Å². The summed E-state index contributed by atoms with van der Waals surface area (Å²) in [6, 6.07) is 17.2. The molecule has 0 spiro atoms. The van der Waals surface area contributed by atoms with Gasteiger partial charge < -0.3 is 9.84 Å². The second-order valence-electron chi connectivity index (χ2n) is 4.72. The molecule has 2 aromatic rings. The first-order chi connectivity index (χ1) is 10.2. The quantitative estimate of drug-likeness (QED) is 0.807. The summed E-state index contributed by atoms with van der Waals surface area (Å²) in [4.78, 5) is 11.1. The van der Waals surface area contributed by atoms with Gasteiger partial charge in [-0.05, 0) is 30.2 Å². The average Bonchev–Trinajstić information content (AvgIpc) is 2.52. The van der Waals surface area contributed by atoms with Gasteiger partial charge in [0.25, 0.3) is 0 Å². The van der Waals surface area contributed by atoms with E-state index in [-0.39, 0.29) is 12.3 Å². The van der Waals surface area contributed by atoms with Crippen molar-refractivity contribution in [2.45, 2.75) is 19.3 Å². The lowest BCUT2D eigenvalue weighted by atomic mass is 9.88. The Morgan fingerprint density at radius 3 is 2.29 bits per heavy atom. The zero-order valence-electron chi connectivity index (χ0n) is 11.9. The third-order valence-electron chi connectivity index (χ3n) is 3.20. The fourth-order valence-electron chi connectivity index (χ4n) is 2.21. The van der Waals surface area contributed by atoms with Crippen LogP contribution in [0.3, 0.4) is 0 Å². The molecular weight excluding hydrogens is 264 g/mol. The molecule has 0 saturated carbocycles. The number of rotatable bonds is 6. The molecule has 1 unspecified atom stereocenters. The minimum atomic E-state index is -0.807. The minimum Gasteiger partial charge on any atom is -0.481 e. The summed E-state index contributed by atoms with van der Waals surface area (Å²) in [6.07, 6.45) is 3.49. The Bertz CT molecular complexity index is 600. The third kappa shape index (κ3) is 4.21. The SMILES string of the molecule is CC=COc1ccc(C(CC(=O)O)c2ccccc2)cc1. The molecule has 0 fully saturated rings. The summed E-state index contributed by atoms with van der Waals surface area (Å²) in [6.45, 7) is 1.88. The molecule has 0 aliphatic rings. The molecule has 0 aliphatic carbocycles. The van der Waals surface area contributed by atoms with Crippen molar-refractivity contribution in [1.29, 1.82) is 0 Å². The van der Waals surface area contributed by atoms with Crippen LogP contribution in [0.4, 0.5) is 0 Å². The Kier molecular flexibility index (Phi) is 5.16. The molecule has 3 nitrogen and oxygen atoms in total. The van der Waals surface area contributed by atoms with Crippen molar-refractivity contribution in [1.82, 2.24) is 0 Å². The van der Waals surface area contributed by atoms with E-state index < -0.39 is 5.97 Å². The van der Waals surface area contributed by atoms with Crippen LogP contribution in [0.5, 0.6) is 5.75 Å². The number of ether oxygens (including phenoxy) is 1. The van der Waals surface area contributed by atoms with Crippen LogP contribution in [0.15, 0.2) is 66.9 Å². The molecule has 0 amide bonds. The molecule has 0 saturated heterocycles. The van der Waals surface area contributed by atoms with Gasteiger partial charge in [-0.1, -0.05) is 48.5 Å². The Balaban J connectivity index is 2.26. The predicted octanol–water partition coefficient (Wildman–Crippen LogP) is 4.21. The first-order valence-corrected chi connectivity index (χ1v) is 6.85. The van der Waals surface area contributed by atoms with Crippen molar-refractivity contribution >= 4 is 5.97 Å². The van der Waals surface area contributed by atoms with Crippen molar-refractivity contribution in [3.63, 3.8) is 0 Å². The van der Waals surface area contributed by atoms with Gasteiger partial charge >= 0.3 is 5.97 Å². The monoisotopic (exact) mass is 282 g/mol. The molecule has 2 rings (SSSR count). The first kappa shape index (κ1) is 14.9. The molecular formula is C18H18O3. The Hall–Kier alpha value is -2.55. The van der Waals surface area contributed by atoms with E-state index in [0.29, 0.717) is 0 Å². The highest BCUT2D eigenvalue weighted by Crippen LogP contribution is 2.29. The van der Waals surface area contributed by atoms with Crippen molar-refractivity contribution in [2.24, 2.45) is 0 Å². The van der Waals surface area contributed by atoms with Gasteiger partial charge in [-0.25, -0.2) is 0 Å². The minimum absolute atomic E-state index is 0.0685. The number of hydrogen-bond acceptors (Lipinski definition) is 2. The third-order valence-corrected chi connectivity index (χ3v) is 3.20. The van der Waals surface area contributed by atoms with E-state index >= 15 is 0 Å². The van der Waals surface area contributed by atoms with Gasteiger partial charge in [0.15, 0.2) is 0 Å². The summed E-state index contributed by atoms with van der Waals surface area (Å²) in [7, 11) is 0. The normalized spacial score (nSPS) is 12.2. The van der Waals surface area contributed by atoms with E-state index in [4.69, 9.17) is 9.84 Å². The molecule has 21 heavy (non-hydrogen) atoms. The average molecular weight is 282 g/mol. The number of carboxylic acids is 1. The zero-order valence-corrected chi connectivity index (χ0v) is 11.9. The van der Waals surface area contributed by atoms with Gasteiger partial charge in [0.05, 0.1) is 12.7 Å². The van der Waals surface area contributed by atoms with E-state index in [1.165, 1.54) is 0 Å². The molecule has 1 atom stereocenters. The van der Waals surface area contributed by atoms with E-state index in [9.17, 15) is 4.79 Å². The van der Waals surface area contributed by atoms with Gasteiger partial charge in [-0.15, -0.1) is 0 Å². The van der Waals surface area contributed by atoms with Crippen LogP contribution in [0.2, 0.25) is 0 Å². The van der Waals surface area contributed by atoms with Gasteiger partial charge in [-0.3, -0.25) is 4.79 Å². The van der Waals surface area contributed by atoms with Crippen LogP contribution in [0.25, 0.3) is 0 Å². The number of benzene rings is 2. The summed E-state index contributed by atoms with van der Waals surface area (Å²) in [5.74, 6) is -0.225.